The van der Waals surface area contributed by atoms with Crippen molar-refractivity contribution < 1.29 is 14.3 Å². The molecule has 20 heavy (non-hydrogen) atoms. The summed E-state index contributed by atoms with van der Waals surface area (Å²) in [6.07, 6.45) is 0. The number of rotatable bonds is 6. The van der Waals surface area contributed by atoms with Crippen LogP contribution in [0.4, 0.5) is 0 Å². The zero-order valence-electron chi connectivity index (χ0n) is 11.2. The molecule has 108 valence electrons. The van der Waals surface area contributed by atoms with Gasteiger partial charge in [-0.15, -0.1) is 11.3 Å². The van der Waals surface area contributed by atoms with Crippen LogP contribution in [0.1, 0.15) is 22.2 Å². The number of nitrogens with zero attached hydrogens (tertiary/aromatic N) is 2. The molecule has 0 aliphatic rings. The predicted molar refractivity (Wildman–Crippen MR) is 77.1 cm³/mol. The number of aryl methyl sites for hydroxylation is 2. The van der Waals surface area contributed by atoms with Gasteiger partial charge >= 0.3 is 5.97 Å². The van der Waals surface area contributed by atoms with Gasteiger partial charge in [0, 0.05) is 11.4 Å². The molecule has 0 spiro atoms. The number of carbonyl (C=O) groups is 1. The van der Waals surface area contributed by atoms with E-state index in [1.165, 1.54) is 11.3 Å². The molecule has 0 aliphatic heterocycles. The number of hydrogen-bond acceptors (Lipinski definition) is 5. The van der Waals surface area contributed by atoms with Gasteiger partial charge in [-0.25, -0.2) is 4.98 Å². The highest BCUT2D eigenvalue weighted by molar-refractivity contribution is 7.16. The Morgan fingerprint density at radius 2 is 2.20 bits per heavy atom. The summed E-state index contributed by atoms with van der Waals surface area (Å²) in [7, 11) is 0. The summed E-state index contributed by atoms with van der Waals surface area (Å²) in [5.74, 6) is 0.408. The molecule has 0 aromatic carbocycles. The second kappa shape index (κ2) is 6.39. The van der Waals surface area contributed by atoms with Gasteiger partial charge in [-0.05, 0) is 26.0 Å². The molecule has 0 aliphatic carbocycles. The van der Waals surface area contributed by atoms with Crippen molar-refractivity contribution in [1.82, 2.24) is 9.88 Å². The minimum absolute atomic E-state index is 0.0734. The molecule has 0 unspecified atom stereocenters. The van der Waals surface area contributed by atoms with Crippen molar-refractivity contribution in [2.75, 3.05) is 6.54 Å². The Balaban J connectivity index is 2.08. The number of aromatic nitrogens is 1. The first-order valence-corrected chi connectivity index (χ1v) is 7.24. The molecule has 2 aromatic heterocycles. The average Bonchev–Trinajstić information content (AvgIpc) is 2.85. The summed E-state index contributed by atoms with van der Waals surface area (Å²) in [5.41, 5.74) is 0.828. The fourth-order valence-electron chi connectivity index (χ4n) is 1.81. The zero-order valence-corrected chi connectivity index (χ0v) is 12.8. The van der Waals surface area contributed by atoms with Gasteiger partial charge in [-0.1, -0.05) is 11.6 Å². The van der Waals surface area contributed by atoms with E-state index in [0.717, 1.165) is 16.3 Å². The molecular formula is C13H15ClN2O3S. The minimum Gasteiger partial charge on any atom is -0.480 e. The zero-order chi connectivity index (χ0) is 14.7. The lowest BCUT2D eigenvalue weighted by atomic mass is 10.4. The molecule has 0 saturated heterocycles. The van der Waals surface area contributed by atoms with Crippen LogP contribution in [0.3, 0.4) is 0 Å². The third-order valence-electron chi connectivity index (χ3n) is 2.80. The van der Waals surface area contributed by atoms with Crippen molar-refractivity contribution in [3.63, 3.8) is 0 Å². The second-order valence-electron chi connectivity index (χ2n) is 4.49. The van der Waals surface area contributed by atoms with Crippen molar-refractivity contribution in [2.24, 2.45) is 0 Å². The minimum atomic E-state index is -0.882. The Bertz CT molecular complexity index is 589. The Labute approximate surface area is 125 Å². The summed E-state index contributed by atoms with van der Waals surface area (Å²) in [5, 5.41) is 8.99. The molecule has 0 bridgehead atoms. The maximum absolute atomic E-state index is 11.0. The van der Waals surface area contributed by atoms with Gasteiger partial charge in [0.2, 0.25) is 5.89 Å². The quantitative estimate of drug-likeness (QED) is 0.887. The monoisotopic (exact) mass is 314 g/mol. The Morgan fingerprint density at radius 1 is 1.45 bits per heavy atom. The van der Waals surface area contributed by atoms with Crippen molar-refractivity contribution in [3.05, 3.63) is 38.7 Å². The first kappa shape index (κ1) is 15.0. The van der Waals surface area contributed by atoms with E-state index in [-0.39, 0.29) is 6.54 Å². The molecule has 2 rings (SSSR count). The van der Waals surface area contributed by atoms with Gasteiger partial charge in [0.25, 0.3) is 0 Å². The Kier molecular flexibility index (Phi) is 4.80. The van der Waals surface area contributed by atoms with Gasteiger partial charge < -0.3 is 9.52 Å². The van der Waals surface area contributed by atoms with Crippen LogP contribution in [0.2, 0.25) is 4.34 Å². The van der Waals surface area contributed by atoms with Crippen LogP contribution in [0, 0.1) is 13.8 Å². The smallest absolute Gasteiger partial charge is 0.317 e. The number of oxazole rings is 1. The standard InChI is InChI=1S/C13H15ClN2O3S/c1-8-9(2)19-12(15-8)6-16(7-13(17)18)5-10-3-4-11(14)20-10/h3-4H,5-7H2,1-2H3,(H,17,18). The van der Waals surface area contributed by atoms with Crippen molar-refractivity contribution in [1.29, 1.82) is 0 Å². The first-order chi connectivity index (χ1) is 9.44. The SMILES string of the molecule is Cc1nc(CN(CC(=O)O)Cc2ccc(Cl)s2)oc1C. The highest BCUT2D eigenvalue weighted by atomic mass is 35.5. The average molecular weight is 315 g/mol. The summed E-state index contributed by atoms with van der Waals surface area (Å²) >= 11 is 7.33. The molecule has 0 saturated carbocycles. The number of halogens is 1. The third kappa shape index (κ3) is 4.06. The van der Waals surface area contributed by atoms with Crippen LogP contribution in [0.25, 0.3) is 0 Å². The molecule has 0 amide bonds. The first-order valence-electron chi connectivity index (χ1n) is 6.05. The van der Waals surface area contributed by atoms with Gasteiger partial charge in [-0.3, -0.25) is 9.69 Å². The Morgan fingerprint density at radius 3 is 2.70 bits per heavy atom. The fraction of sp³-hybridized carbons (Fsp3) is 0.385. The normalized spacial score (nSPS) is 11.2. The van der Waals surface area contributed by atoms with Crippen LogP contribution in [-0.2, 0) is 17.9 Å². The number of carboxylic acids is 1. The molecule has 2 aromatic rings. The van der Waals surface area contributed by atoms with E-state index >= 15 is 0 Å². The van der Waals surface area contributed by atoms with E-state index in [2.05, 4.69) is 4.98 Å². The Hall–Kier alpha value is -1.37. The predicted octanol–water partition coefficient (Wildman–Crippen LogP) is 3.09. The molecule has 0 radical (unpaired) electrons. The lowest BCUT2D eigenvalue weighted by molar-refractivity contribution is -0.138. The van der Waals surface area contributed by atoms with E-state index in [0.29, 0.717) is 23.3 Å². The number of thiophene rings is 1. The van der Waals surface area contributed by atoms with Gasteiger partial charge in [0.15, 0.2) is 0 Å². The molecule has 1 N–H and O–H groups in total. The van der Waals surface area contributed by atoms with Crippen LogP contribution < -0.4 is 0 Å². The lowest BCUT2D eigenvalue weighted by Gasteiger charge is -2.17. The van der Waals surface area contributed by atoms with Crippen molar-refractivity contribution in [3.8, 4) is 0 Å². The van der Waals surface area contributed by atoms with E-state index in [1.807, 2.05) is 19.9 Å². The number of aliphatic carboxylic acids is 1. The number of carboxylic acid groups (broad SMARTS) is 1. The molecule has 0 atom stereocenters. The number of hydrogen-bond donors (Lipinski definition) is 1. The summed E-state index contributed by atoms with van der Waals surface area (Å²) < 4.78 is 6.19. The van der Waals surface area contributed by atoms with E-state index in [4.69, 9.17) is 21.1 Å². The summed E-state index contributed by atoms with van der Waals surface area (Å²) in [6, 6.07) is 3.70. The van der Waals surface area contributed by atoms with Crippen LogP contribution >= 0.6 is 22.9 Å². The van der Waals surface area contributed by atoms with Crippen LogP contribution in [-0.4, -0.2) is 27.5 Å². The lowest BCUT2D eigenvalue weighted by Crippen LogP contribution is -2.28. The van der Waals surface area contributed by atoms with Gasteiger partial charge in [0.05, 0.1) is 23.1 Å². The molecule has 5 nitrogen and oxygen atoms in total. The van der Waals surface area contributed by atoms with E-state index < -0.39 is 5.97 Å². The highest BCUT2D eigenvalue weighted by Crippen LogP contribution is 2.23. The van der Waals surface area contributed by atoms with Gasteiger partial charge in [-0.2, -0.15) is 0 Å². The van der Waals surface area contributed by atoms with Crippen molar-refractivity contribution in [2.45, 2.75) is 26.9 Å². The molecular weight excluding hydrogens is 300 g/mol. The maximum Gasteiger partial charge on any atom is 0.317 e. The maximum atomic E-state index is 11.0. The largest absolute Gasteiger partial charge is 0.480 e. The van der Waals surface area contributed by atoms with Crippen LogP contribution in [0.5, 0.6) is 0 Å². The highest BCUT2D eigenvalue weighted by Gasteiger charge is 2.16. The van der Waals surface area contributed by atoms with Crippen LogP contribution in [0.15, 0.2) is 16.5 Å². The summed E-state index contributed by atoms with van der Waals surface area (Å²) in [6.45, 7) is 4.49. The van der Waals surface area contributed by atoms with E-state index in [1.54, 1.807) is 11.0 Å². The molecule has 7 heteroatoms. The molecule has 2 heterocycles. The topological polar surface area (TPSA) is 66.6 Å². The third-order valence-corrected chi connectivity index (χ3v) is 4.01. The second-order valence-corrected chi connectivity index (χ2v) is 6.29. The van der Waals surface area contributed by atoms with Gasteiger partial charge in [0.1, 0.15) is 5.76 Å². The summed E-state index contributed by atoms with van der Waals surface area (Å²) in [4.78, 5) is 18.0. The molecule has 0 fully saturated rings. The van der Waals surface area contributed by atoms with Crippen molar-refractivity contribution >= 4 is 28.9 Å². The van der Waals surface area contributed by atoms with E-state index in [9.17, 15) is 4.79 Å². The fourth-order valence-corrected chi connectivity index (χ4v) is 2.94.